The second kappa shape index (κ2) is 4.01. The average Bonchev–Trinajstić information content (AvgIpc) is 2.61. The molecule has 0 radical (unpaired) electrons. The van der Waals surface area contributed by atoms with E-state index >= 15 is 0 Å². The van der Waals surface area contributed by atoms with Gasteiger partial charge in [0, 0.05) is 12.7 Å². The molecule has 2 rings (SSSR count). The molecule has 2 aromatic rings. The molecule has 0 bridgehead atoms. The minimum Gasteiger partial charge on any atom is -0.319 e. The van der Waals surface area contributed by atoms with Gasteiger partial charge in [-0.05, 0) is 12.1 Å². The SMILES string of the molecule is Cn1nc(C(=O)Nc2ccccc2)[nH]c1=O. The number of nitrogens with zero attached hydrogens (tertiary/aromatic N) is 2. The number of para-hydroxylation sites is 1. The summed E-state index contributed by atoms with van der Waals surface area (Å²) >= 11 is 0. The Hall–Kier alpha value is -2.37. The first-order valence-electron chi connectivity index (χ1n) is 4.66. The summed E-state index contributed by atoms with van der Waals surface area (Å²) in [6.07, 6.45) is 0. The molecule has 0 aliphatic heterocycles. The van der Waals surface area contributed by atoms with E-state index in [1.54, 1.807) is 24.3 Å². The number of rotatable bonds is 2. The molecule has 6 nitrogen and oxygen atoms in total. The number of aromatic amines is 1. The second-order valence-corrected chi connectivity index (χ2v) is 3.22. The Labute approximate surface area is 90.9 Å². The van der Waals surface area contributed by atoms with E-state index in [0.29, 0.717) is 5.69 Å². The molecule has 1 aromatic heterocycles. The van der Waals surface area contributed by atoms with E-state index in [4.69, 9.17) is 0 Å². The molecule has 0 unspecified atom stereocenters. The number of carbonyl (C=O) groups excluding carboxylic acids is 1. The maximum atomic E-state index is 11.6. The number of aromatic nitrogens is 3. The number of hydrogen-bond acceptors (Lipinski definition) is 3. The smallest absolute Gasteiger partial charge is 0.319 e. The number of H-pyrrole nitrogens is 1. The molecule has 0 aliphatic carbocycles. The van der Waals surface area contributed by atoms with Crippen LogP contribution in [-0.2, 0) is 7.05 Å². The number of nitrogens with one attached hydrogen (secondary N) is 2. The molecule has 0 saturated heterocycles. The fourth-order valence-electron chi connectivity index (χ4n) is 1.22. The van der Waals surface area contributed by atoms with Gasteiger partial charge >= 0.3 is 5.69 Å². The van der Waals surface area contributed by atoms with Crippen molar-refractivity contribution in [1.29, 1.82) is 0 Å². The Balaban J connectivity index is 2.18. The summed E-state index contributed by atoms with van der Waals surface area (Å²) in [6.45, 7) is 0. The Morgan fingerprint density at radius 2 is 2.06 bits per heavy atom. The third kappa shape index (κ3) is 2.00. The number of carbonyl (C=O) groups is 1. The molecular formula is C10H10N4O2. The topological polar surface area (TPSA) is 79.8 Å². The van der Waals surface area contributed by atoms with Crippen molar-refractivity contribution in [2.45, 2.75) is 0 Å². The van der Waals surface area contributed by atoms with E-state index in [1.165, 1.54) is 7.05 Å². The summed E-state index contributed by atoms with van der Waals surface area (Å²) in [5.41, 5.74) is 0.234. The van der Waals surface area contributed by atoms with Crippen LogP contribution >= 0.6 is 0 Å². The van der Waals surface area contributed by atoms with Gasteiger partial charge in [0.05, 0.1) is 0 Å². The van der Waals surface area contributed by atoms with E-state index in [-0.39, 0.29) is 5.82 Å². The molecule has 0 spiro atoms. The standard InChI is InChI=1S/C10H10N4O2/c1-14-10(16)12-8(13-14)9(15)11-7-5-3-2-4-6-7/h2-6H,1H3,(H,11,15)(H,12,13,16). The Kier molecular flexibility index (Phi) is 2.55. The van der Waals surface area contributed by atoms with Gasteiger partial charge in [-0.3, -0.25) is 9.78 Å². The van der Waals surface area contributed by atoms with Gasteiger partial charge in [-0.25, -0.2) is 9.48 Å². The van der Waals surface area contributed by atoms with Crippen molar-refractivity contribution < 1.29 is 4.79 Å². The summed E-state index contributed by atoms with van der Waals surface area (Å²) < 4.78 is 1.07. The third-order valence-electron chi connectivity index (χ3n) is 2.02. The van der Waals surface area contributed by atoms with Crippen LogP contribution in [0.15, 0.2) is 35.1 Å². The van der Waals surface area contributed by atoms with Crippen molar-refractivity contribution in [2.24, 2.45) is 7.05 Å². The number of aryl methyl sites for hydroxylation is 1. The first-order valence-corrected chi connectivity index (χ1v) is 4.66. The summed E-state index contributed by atoms with van der Waals surface area (Å²) in [7, 11) is 1.47. The van der Waals surface area contributed by atoms with Crippen LogP contribution < -0.4 is 11.0 Å². The van der Waals surface area contributed by atoms with Gasteiger partial charge < -0.3 is 5.32 Å². The molecule has 1 aromatic carbocycles. The number of hydrogen-bond donors (Lipinski definition) is 2. The summed E-state index contributed by atoms with van der Waals surface area (Å²) in [5.74, 6) is -0.444. The molecule has 0 fully saturated rings. The van der Waals surface area contributed by atoms with Gasteiger partial charge in [-0.15, -0.1) is 5.10 Å². The van der Waals surface area contributed by atoms with Gasteiger partial charge in [0.1, 0.15) is 0 Å². The fourth-order valence-corrected chi connectivity index (χ4v) is 1.22. The molecule has 16 heavy (non-hydrogen) atoms. The van der Waals surface area contributed by atoms with Crippen LogP contribution in [0.5, 0.6) is 0 Å². The minimum absolute atomic E-state index is 0.00338. The second-order valence-electron chi connectivity index (χ2n) is 3.22. The first-order chi connectivity index (χ1) is 7.66. The van der Waals surface area contributed by atoms with Crippen molar-refractivity contribution in [3.05, 3.63) is 46.6 Å². The summed E-state index contributed by atoms with van der Waals surface area (Å²) in [4.78, 5) is 25.0. The maximum Gasteiger partial charge on any atom is 0.343 e. The van der Waals surface area contributed by atoms with Crippen molar-refractivity contribution in [2.75, 3.05) is 5.32 Å². The summed E-state index contributed by atoms with van der Waals surface area (Å²) in [5, 5.41) is 6.36. The predicted octanol–water partition coefficient (Wildman–Crippen LogP) is 0.361. The molecule has 0 aliphatic rings. The van der Waals surface area contributed by atoms with Crippen LogP contribution in [0.2, 0.25) is 0 Å². The number of benzene rings is 1. The Bertz CT molecular complexity index is 556. The average molecular weight is 218 g/mol. The predicted molar refractivity (Wildman–Crippen MR) is 58.2 cm³/mol. The van der Waals surface area contributed by atoms with Gasteiger partial charge in [-0.2, -0.15) is 0 Å². The van der Waals surface area contributed by atoms with Crippen molar-refractivity contribution in [3.63, 3.8) is 0 Å². The molecule has 1 heterocycles. The quantitative estimate of drug-likeness (QED) is 0.763. The number of amides is 1. The van der Waals surface area contributed by atoms with Crippen LogP contribution in [0.1, 0.15) is 10.6 Å². The molecular weight excluding hydrogens is 208 g/mol. The zero-order valence-corrected chi connectivity index (χ0v) is 8.60. The first kappa shape index (κ1) is 10.2. The van der Waals surface area contributed by atoms with E-state index in [9.17, 15) is 9.59 Å². The van der Waals surface area contributed by atoms with Crippen LogP contribution in [0.25, 0.3) is 0 Å². The van der Waals surface area contributed by atoms with E-state index < -0.39 is 11.6 Å². The van der Waals surface area contributed by atoms with Crippen molar-refractivity contribution >= 4 is 11.6 Å². The van der Waals surface area contributed by atoms with Crippen LogP contribution in [0, 0.1) is 0 Å². The molecule has 82 valence electrons. The third-order valence-corrected chi connectivity index (χ3v) is 2.02. The zero-order chi connectivity index (χ0) is 11.5. The lowest BCUT2D eigenvalue weighted by Gasteiger charge is -2.00. The van der Waals surface area contributed by atoms with Gasteiger partial charge in [0.2, 0.25) is 5.82 Å². The normalized spacial score (nSPS) is 10.1. The van der Waals surface area contributed by atoms with Crippen LogP contribution in [-0.4, -0.2) is 20.7 Å². The van der Waals surface area contributed by atoms with E-state index in [2.05, 4.69) is 15.4 Å². The highest BCUT2D eigenvalue weighted by Gasteiger charge is 2.11. The monoisotopic (exact) mass is 218 g/mol. The lowest BCUT2D eigenvalue weighted by molar-refractivity contribution is 0.101. The molecule has 0 atom stereocenters. The van der Waals surface area contributed by atoms with Gasteiger partial charge in [0.15, 0.2) is 0 Å². The highest BCUT2D eigenvalue weighted by molar-refractivity contribution is 6.01. The number of anilines is 1. The van der Waals surface area contributed by atoms with Crippen LogP contribution in [0.3, 0.4) is 0 Å². The van der Waals surface area contributed by atoms with Gasteiger partial charge in [0.25, 0.3) is 5.91 Å². The molecule has 2 N–H and O–H groups in total. The maximum absolute atomic E-state index is 11.6. The summed E-state index contributed by atoms with van der Waals surface area (Å²) in [6, 6.07) is 8.95. The van der Waals surface area contributed by atoms with E-state index in [0.717, 1.165) is 4.68 Å². The molecule has 1 amide bonds. The highest BCUT2D eigenvalue weighted by Crippen LogP contribution is 2.05. The fraction of sp³-hybridized carbons (Fsp3) is 0.100. The Morgan fingerprint density at radius 3 is 2.62 bits per heavy atom. The lowest BCUT2D eigenvalue weighted by atomic mass is 10.3. The highest BCUT2D eigenvalue weighted by atomic mass is 16.2. The van der Waals surface area contributed by atoms with Crippen molar-refractivity contribution in [1.82, 2.24) is 14.8 Å². The lowest BCUT2D eigenvalue weighted by Crippen LogP contribution is -2.14. The van der Waals surface area contributed by atoms with E-state index in [1.807, 2.05) is 6.07 Å². The van der Waals surface area contributed by atoms with Crippen molar-refractivity contribution in [3.8, 4) is 0 Å². The molecule has 0 saturated carbocycles. The largest absolute Gasteiger partial charge is 0.343 e. The Morgan fingerprint density at radius 1 is 1.38 bits per heavy atom. The van der Waals surface area contributed by atoms with Gasteiger partial charge in [-0.1, -0.05) is 18.2 Å². The molecule has 6 heteroatoms. The zero-order valence-electron chi connectivity index (χ0n) is 8.60. The minimum atomic E-state index is -0.441. The van der Waals surface area contributed by atoms with Crippen LogP contribution in [0.4, 0.5) is 5.69 Å².